The molecule has 2 heteroatoms. The fourth-order valence-electron chi connectivity index (χ4n) is 0.921. The maximum Gasteiger partial charge on any atom is 0.152 e. The molecule has 10 heavy (non-hydrogen) atoms. The minimum Gasteiger partial charge on any atom is -0.381 e. The van der Waals surface area contributed by atoms with Gasteiger partial charge < -0.3 is 4.23 Å². The largest absolute Gasteiger partial charge is 0.381 e. The molecule has 1 aromatic rings. The molecule has 0 aromatic carbocycles. The van der Waals surface area contributed by atoms with Crippen LogP contribution in [0.2, 0.25) is 19.6 Å². The standard InChI is InChI=1S/C8H15NSi/c1-8-5-6-9(7-8)10(2,3)4/h5-7H,1-4H3. The van der Waals surface area contributed by atoms with Crippen LogP contribution >= 0.6 is 0 Å². The highest BCUT2D eigenvalue weighted by Crippen LogP contribution is 2.08. The molecule has 0 unspecified atom stereocenters. The Morgan fingerprint density at radius 1 is 1.30 bits per heavy atom. The van der Waals surface area contributed by atoms with Crippen LogP contribution in [0.4, 0.5) is 0 Å². The highest BCUT2D eigenvalue weighted by Gasteiger charge is 2.14. The number of hydrogen-bond donors (Lipinski definition) is 0. The van der Waals surface area contributed by atoms with Crippen molar-refractivity contribution in [2.24, 2.45) is 0 Å². The molecule has 0 aliphatic carbocycles. The Labute approximate surface area is 63.8 Å². The van der Waals surface area contributed by atoms with Crippen molar-refractivity contribution in [3.8, 4) is 0 Å². The summed E-state index contributed by atoms with van der Waals surface area (Å²) in [6, 6.07) is 2.16. The summed E-state index contributed by atoms with van der Waals surface area (Å²) in [6.07, 6.45) is 4.41. The first-order chi connectivity index (χ1) is 4.50. The molecule has 0 saturated heterocycles. The number of aromatic nitrogens is 1. The highest BCUT2D eigenvalue weighted by atomic mass is 28.3. The van der Waals surface area contributed by atoms with E-state index < -0.39 is 8.24 Å². The molecule has 1 rings (SSSR count). The van der Waals surface area contributed by atoms with E-state index in [0.717, 1.165) is 0 Å². The molecule has 0 bridgehead atoms. The molecule has 1 nitrogen and oxygen atoms in total. The monoisotopic (exact) mass is 153 g/mol. The van der Waals surface area contributed by atoms with Crippen molar-refractivity contribution < 1.29 is 0 Å². The lowest BCUT2D eigenvalue weighted by Gasteiger charge is -2.17. The van der Waals surface area contributed by atoms with Crippen LogP contribution < -0.4 is 0 Å². The molecule has 0 aliphatic rings. The van der Waals surface area contributed by atoms with Crippen LogP contribution in [-0.2, 0) is 0 Å². The van der Waals surface area contributed by atoms with Crippen molar-refractivity contribution in [3.63, 3.8) is 0 Å². The average Bonchev–Trinajstić information content (AvgIpc) is 2.11. The molecule has 0 spiro atoms. The van der Waals surface area contributed by atoms with Gasteiger partial charge in [-0.2, -0.15) is 0 Å². The predicted octanol–water partition coefficient (Wildman–Crippen LogP) is 2.48. The van der Waals surface area contributed by atoms with Gasteiger partial charge in [-0.15, -0.1) is 0 Å². The summed E-state index contributed by atoms with van der Waals surface area (Å²) in [7, 11) is -1.10. The SMILES string of the molecule is Cc1ccn([Si](C)(C)C)c1. The van der Waals surface area contributed by atoms with E-state index in [2.05, 4.69) is 49.3 Å². The first-order valence-corrected chi connectivity index (χ1v) is 7.10. The summed E-state index contributed by atoms with van der Waals surface area (Å²) in [5.41, 5.74) is 1.36. The van der Waals surface area contributed by atoms with Gasteiger partial charge in [-0.05, 0) is 30.9 Å². The van der Waals surface area contributed by atoms with Gasteiger partial charge in [0.15, 0.2) is 8.24 Å². The molecule has 0 radical (unpaired) electrons. The normalized spacial score (nSPS) is 12.0. The summed E-state index contributed by atoms with van der Waals surface area (Å²) in [5.74, 6) is 0. The minimum absolute atomic E-state index is 1.10. The Bertz CT molecular complexity index is 219. The van der Waals surface area contributed by atoms with Crippen molar-refractivity contribution in [2.75, 3.05) is 0 Å². The Balaban J connectivity index is 2.96. The predicted molar refractivity (Wildman–Crippen MR) is 47.9 cm³/mol. The topological polar surface area (TPSA) is 4.93 Å². The van der Waals surface area contributed by atoms with Crippen molar-refractivity contribution in [1.29, 1.82) is 0 Å². The zero-order chi connectivity index (χ0) is 7.78. The zero-order valence-corrected chi connectivity index (χ0v) is 8.18. The molecule has 0 saturated carbocycles. The quantitative estimate of drug-likeness (QED) is 0.546. The van der Waals surface area contributed by atoms with Gasteiger partial charge in [-0.3, -0.25) is 0 Å². The van der Waals surface area contributed by atoms with E-state index in [1.54, 1.807) is 0 Å². The molecule has 0 atom stereocenters. The van der Waals surface area contributed by atoms with Gasteiger partial charge in [0.1, 0.15) is 0 Å². The van der Waals surface area contributed by atoms with Gasteiger partial charge in [0.2, 0.25) is 0 Å². The third-order valence-electron chi connectivity index (χ3n) is 1.62. The smallest absolute Gasteiger partial charge is 0.152 e. The van der Waals surface area contributed by atoms with E-state index in [-0.39, 0.29) is 0 Å². The van der Waals surface area contributed by atoms with E-state index in [1.165, 1.54) is 5.56 Å². The Morgan fingerprint density at radius 2 is 1.90 bits per heavy atom. The second-order valence-electron chi connectivity index (χ2n) is 3.77. The van der Waals surface area contributed by atoms with Gasteiger partial charge in [0.25, 0.3) is 0 Å². The van der Waals surface area contributed by atoms with Crippen LogP contribution in [0.25, 0.3) is 0 Å². The van der Waals surface area contributed by atoms with Crippen LogP contribution in [0.15, 0.2) is 18.5 Å². The van der Waals surface area contributed by atoms with E-state index in [9.17, 15) is 0 Å². The van der Waals surface area contributed by atoms with Crippen LogP contribution in [0, 0.1) is 6.92 Å². The van der Waals surface area contributed by atoms with Crippen LogP contribution in [0.5, 0.6) is 0 Å². The summed E-state index contributed by atoms with van der Waals surface area (Å²) in [5, 5.41) is 0. The number of rotatable bonds is 1. The van der Waals surface area contributed by atoms with Gasteiger partial charge in [-0.1, -0.05) is 19.6 Å². The zero-order valence-electron chi connectivity index (χ0n) is 7.18. The molecular weight excluding hydrogens is 138 g/mol. The highest BCUT2D eigenvalue weighted by molar-refractivity contribution is 6.74. The summed E-state index contributed by atoms with van der Waals surface area (Å²) in [6.45, 7) is 9.15. The fraction of sp³-hybridized carbons (Fsp3) is 0.500. The van der Waals surface area contributed by atoms with Gasteiger partial charge in [0.05, 0.1) is 0 Å². The van der Waals surface area contributed by atoms with Gasteiger partial charge in [-0.25, -0.2) is 0 Å². The van der Waals surface area contributed by atoms with Crippen LogP contribution in [-0.4, -0.2) is 12.5 Å². The van der Waals surface area contributed by atoms with Gasteiger partial charge >= 0.3 is 0 Å². The van der Waals surface area contributed by atoms with E-state index >= 15 is 0 Å². The van der Waals surface area contributed by atoms with Gasteiger partial charge in [0, 0.05) is 0 Å². The maximum absolute atomic E-state index is 2.36. The van der Waals surface area contributed by atoms with Crippen molar-refractivity contribution in [3.05, 3.63) is 24.0 Å². The fourth-order valence-corrected chi connectivity index (χ4v) is 2.03. The van der Waals surface area contributed by atoms with E-state index in [1.807, 2.05) is 0 Å². The second-order valence-corrected chi connectivity index (χ2v) is 8.62. The van der Waals surface area contributed by atoms with Crippen molar-refractivity contribution >= 4 is 8.24 Å². The summed E-state index contributed by atoms with van der Waals surface area (Å²) in [4.78, 5) is 0. The number of aryl methyl sites for hydroxylation is 1. The molecule has 56 valence electrons. The van der Waals surface area contributed by atoms with Crippen LogP contribution in [0.1, 0.15) is 5.56 Å². The molecule has 1 aromatic heterocycles. The molecule has 1 heterocycles. The average molecular weight is 153 g/mol. The lowest BCUT2D eigenvalue weighted by Crippen LogP contribution is -2.30. The minimum atomic E-state index is -1.10. The second kappa shape index (κ2) is 2.27. The van der Waals surface area contributed by atoms with E-state index in [4.69, 9.17) is 0 Å². The lowest BCUT2D eigenvalue weighted by atomic mass is 10.4. The number of nitrogens with zero attached hydrogens (tertiary/aromatic N) is 1. The summed E-state index contributed by atoms with van der Waals surface area (Å²) >= 11 is 0. The molecular formula is C8H15NSi. The molecule has 0 N–H and O–H groups in total. The van der Waals surface area contributed by atoms with Crippen molar-refractivity contribution in [2.45, 2.75) is 26.6 Å². The Hall–Kier alpha value is -0.503. The third kappa shape index (κ3) is 1.51. The molecule has 0 aliphatic heterocycles. The Kier molecular flexibility index (Phi) is 1.73. The molecule has 0 amide bonds. The van der Waals surface area contributed by atoms with Crippen LogP contribution in [0.3, 0.4) is 0 Å². The lowest BCUT2D eigenvalue weighted by molar-refractivity contribution is 1.15. The van der Waals surface area contributed by atoms with Crippen molar-refractivity contribution in [1.82, 2.24) is 4.23 Å². The maximum atomic E-state index is 2.36. The first-order valence-electron chi connectivity index (χ1n) is 3.65. The van der Waals surface area contributed by atoms with E-state index in [0.29, 0.717) is 0 Å². The summed E-state index contributed by atoms with van der Waals surface area (Å²) < 4.78 is 2.36. The number of hydrogen-bond acceptors (Lipinski definition) is 0. The first kappa shape index (κ1) is 7.60. The third-order valence-corrected chi connectivity index (χ3v) is 3.44. The Morgan fingerprint density at radius 3 is 2.10 bits per heavy atom. The molecule has 0 fully saturated rings.